The zero-order valence-electron chi connectivity index (χ0n) is 18.1. The standard InChI is InChI=1S/C24H24FN3O5/c1-17(23(30)26-14-13-18-7-9-19(25)10-8-18)33-24(31)21-11-12-22(29)28(27-21)15-16-32-20-5-3-2-4-6-20/h2-12,17H,13-16H2,1H3,(H,26,30). The molecule has 0 radical (unpaired) electrons. The highest BCUT2D eigenvalue weighted by Crippen LogP contribution is 2.08. The Bertz CT molecular complexity index is 1130. The molecule has 1 aromatic heterocycles. The molecule has 0 fully saturated rings. The summed E-state index contributed by atoms with van der Waals surface area (Å²) >= 11 is 0. The van der Waals surface area contributed by atoms with Crippen molar-refractivity contribution in [3.63, 3.8) is 0 Å². The van der Waals surface area contributed by atoms with E-state index in [0.29, 0.717) is 18.7 Å². The van der Waals surface area contributed by atoms with E-state index in [-0.39, 0.29) is 24.7 Å². The van der Waals surface area contributed by atoms with Gasteiger partial charge in [-0.05, 0) is 49.2 Å². The Morgan fingerprint density at radius 1 is 1.06 bits per heavy atom. The molecular formula is C24H24FN3O5. The highest BCUT2D eigenvalue weighted by atomic mass is 19.1. The maximum absolute atomic E-state index is 12.9. The molecular weight excluding hydrogens is 429 g/mol. The van der Waals surface area contributed by atoms with Crippen molar-refractivity contribution in [3.8, 4) is 5.75 Å². The molecule has 0 spiro atoms. The van der Waals surface area contributed by atoms with Gasteiger partial charge in [0.1, 0.15) is 18.2 Å². The summed E-state index contributed by atoms with van der Waals surface area (Å²) in [5.41, 5.74) is 0.374. The Balaban J connectivity index is 1.48. The Morgan fingerprint density at radius 3 is 2.52 bits per heavy atom. The lowest BCUT2D eigenvalue weighted by Crippen LogP contribution is -2.37. The lowest BCUT2D eigenvalue weighted by atomic mass is 10.1. The van der Waals surface area contributed by atoms with E-state index >= 15 is 0 Å². The van der Waals surface area contributed by atoms with Crippen LogP contribution in [-0.4, -0.2) is 40.9 Å². The van der Waals surface area contributed by atoms with Crippen molar-refractivity contribution in [3.05, 3.63) is 94.2 Å². The lowest BCUT2D eigenvalue weighted by Gasteiger charge is -2.14. The van der Waals surface area contributed by atoms with Gasteiger partial charge in [-0.3, -0.25) is 9.59 Å². The topological polar surface area (TPSA) is 99.5 Å². The number of hydrogen-bond donors (Lipinski definition) is 1. The van der Waals surface area contributed by atoms with Crippen LogP contribution < -0.4 is 15.6 Å². The van der Waals surface area contributed by atoms with Crippen LogP contribution in [-0.2, 0) is 22.5 Å². The van der Waals surface area contributed by atoms with Crippen LogP contribution >= 0.6 is 0 Å². The summed E-state index contributed by atoms with van der Waals surface area (Å²) in [6.07, 6.45) is -0.557. The van der Waals surface area contributed by atoms with Gasteiger partial charge in [-0.2, -0.15) is 5.10 Å². The van der Waals surface area contributed by atoms with Crippen molar-refractivity contribution < 1.29 is 23.5 Å². The molecule has 0 saturated carbocycles. The first-order valence-electron chi connectivity index (χ1n) is 10.4. The molecule has 2 aromatic carbocycles. The molecule has 8 nitrogen and oxygen atoms in total. The minimum atomic E-state index is -1.06. The number of aromatic nitrogens is 2. The van der Waals surface area contributed by atoms with Crippen LogP contribution in [0.1, 0.15) is 23.0 Å². The van der Waals surface area contributed by atoms with Crippen LogP contribution in [0.5, 0.6) is 5.75 Å². The third-order valence-electron chi connectivity index (χ3n) is 4.67. The molecule has 1 heterocycles. The first kappa shape index (κ1) is 23.6. The van der Waals surface area contributed by atoms with Gasteiger partial charge in [-0.1, -0.05) is 30.3 Å². The third-order valence-corrected chi connectivity index (χ3v) is 4.67. The summed E-state index contributed by atoms with van der Waals surface area (Å²) in [7, 11) is 0. The van der Waals surface area contributed by atoms with Crippen molar-refractivity contribution in [2.75, 3.05) is 13.2 Å². The van der Waals surface area contributed by atoms with Crippen LogP contribution in [0.3, 0.4) is 0 Å². The van der Waals surface area contributed by atoms with Crippen molar-refractivity contribution in [2.24, 2.45) is 0 Å². The lowest BCUT2D eigenvalue weighted by molar-refractivity contribution is -0.129. The second-order valence-corrected chi connectivity index (χ2v) is 7.16. The number of benzene rings is 2. The van der Waals surface area contributed by atoms with Gasteiger partial charge in [-0.15, -0.1) is 0 Å². The fourth-order valence-corrected chi connectivity index (χ4v) is 2.88. The molecule has 1 amide bonds. The van der Waals surface area contributed by atoms with Crippen LogP contribution in [0, 0.1) is 5.82 Å². The Morgan fingerprint density at radius 2 is 1.79 bits per heavy atom. The highest BCUT2D eigenvalue weighted by Gasteiger charge is 2.20. The molecule has 1 N–H and O–H groups in total. The quantitative estimate of drug-likeness (QED) is 0.473. The van der Waals surface area contributed by atoms with Gasteiger partial charge in [0.15, 0.2) is 11.8 Å². The molecule has 33 heavy (non-hydrogen) atoms. The van der Waals surface area contributed by atoms with Crippen LogP contribution in [0.15, 0.2) is 71.5 Å². The molecule has 1 atom stereocenters. The summed E-state index contributed by atoms with van der Waals surface area (Å²) in [5, 5.41) is 6.68. The Kier molecular flexibility index (Phi) is 8.29. The first-order chi connectivity index (χ1) is 15.9. The van der Waals surface area contributed by atoms with Crippen molar-refractivity contribution in [1.82, 2.24) is 15.1 Å². The van der Waals surface area contributed by atoms with Crippen LogP contribution in [0.25, 0.3) is 0 Å². The molecule has 3 rings (SSSR count). The van der Waals surface area contributed by atoms with E-state index in [2.05, 4.69) is 10.4 Å². The number of para-hydroxylation sites is 1. The predicted octanol–water partition coefficient (Wildman–Crippen LogP) is 2.37. The van der Waals surface area contributed by atoms with Gasteiger partial charge in [-0.25, -0.2) is 13.9 Å². The molecule has 9 heteroatoms. The maximum Gasteiger partial charge on any atom is 0.359 e. The maximum atomic E-state index is 12.9. The molecule has 0 bridgehead atoms. The van der Waals surface area contributed by atoms with Gasteiger partial charge in [0.05, 0.1) is 6.54 Å². The smallest absolute Gasteiger partial charge is 0.359 e. The molecule has 0 saturated heterocycles. The van der Waals surface area contributed by atoms with E-state index in [0.717, 1.165) is 10.2 Å². The second kappa shape index (κ2) is 11.6. The second-order valence-electron chi connectivity index (χ2n) is 7.16. The summed E-state index contributed by atoms with van der Waals surface area (Å²) < 4.78 is 24.8. The van der Waals surface area contributed by atoms with Gasteiger partial charge in [0.2, 0.25) is 0 Å². The summed E-state index contributed by atoms with van der Waals surface area (Å²) in [4.78, 5) is 36.6. The van der Waals surface area contributed by atoms with Crippen molar-refractivity contribution in [1.29, 1.82) is 0 Å². The number of carbonyl (C=O) groups excluding carboxylic acids is 2. The first-order valence-corrected chi connectivity index (χ1v) is 10.4. The Labute approximate surface area is 190 Å². The normalized spacial score (nSPS) is 11.5. The van der Waals surface area contributed by atoms with Crippen molar-refractivity contribution in [2.45, 2.75) is 26.0 Å². The largest absolute Gasteiger partial charge is 0.492 e. The van der Waals surface area contributed by atoms with E-state index in [1.54, 1.807) is 24.3 Å². The number of nitrogens with zero attached hydrogens (tertiary/aromatic N) is 2. The number of amides is 1. The molecule has 3 aromatic rings. The predicted molar refractivity (Wildman–Crippen MR) is 118 cm³/mol. The summed E-state index contributed by atoms with van der Waals surface area (Å²) in [5.74, 6) is -0.976. The zero-order chi connectivity index (χ0) is 23.6. The van der Waals surface area contributed by atoms with Gasteiger partial charge >= 0.3 is 5.97 Å². The van der Waals surface area contributed by atoms with Gasteiger partial charge < -0.3 is 14.8 Å². The number of hydrogen-bond acceptors (Lipinski definition) is 6. The number of nitrogens with one attached hydrogen (secondary N) is 1. The van der Waals surface area contributed by atoms with E-state index in [1.807, 2.05) is 18.2 Å². The van der Waals surface area contributed by atoms with Gasteiger partial charge in [0, 0.05) is 12.6 Å². The Hall–Kier alpha value is -4.01. The molecule has 1 unspecified atom stereocenters. The third kappa shape index (κ3) is 7.27. The monoisotopic (exact) mass is 453 g/mol. The number of rotatable bonds is 10. The number of esters is 1. The minimum Gasteiger partial charge on any atom is -0.492 e. The van der Waals surface area contributed by atoms with Crippen LogP contribution in [0.2, 0.25) is 0 Å². The average Bonchev–Trinajstić information content (AvgIpc) is 2.82. The fourth-order valence-electron chi connectivity index (χ4n) is 2.88. The number of ether oxygens (including phenoxy) is 2. The summed E-state index contributed by atoms with van der Waals surface area (Å²) in [6, 6.07) is 17.5. The minimum absolute atomic E-state index is 0.0970. The highest BCUT2D eigenvalue weighted by molar-refractivity contribution is 5.90. The molecule has 172 valence electrons. The molecule has 0 aliphatic rings. The zero-order valence-corrected chi connectivity index (χ0v) is 18.1. The molecule has 0 aliphatic carbocycles. The van der Waals surface area contributed by atoms with Crippen molar-refractivity contribution >= 4 is 11.9 Å². The van der Waals surface area contributed by atoms with Gasteiger partial charge in [0.25, 0.3) is 11.5 Å². The molecule has 0 aliphatic heterocycles. The SMILES string of the molecule is CC(OC(=O)c1ccc(=O)n(CCOc2ccccc2)n1)C(=O)NCCc1ccc(F)cc1. The van der Waals surface area contributed by atoms with E-state index in [4.69, 9.17) is 9.47 Å². The van der Waals surface area contributed by atoms with Crippen LogP contribution in [0.4, 0.5) is 4.39 Å². The van der Waals surface area contributed by atoms with E-state index in [1.165, 1.54) is 31.2 Å². The summed E-state index contributed by atoms with van der Waals surface area (Å²) in [6.45, 7) is 2.06. The van der Waals surface area contributed by atoms with E-state index in [9.17, 15) is 18.8 Å². The number of halogens is 1. The number of carbonyl (C=O) groups is 2. The van der Waals surface area contributed by atoms with E-state index < -0.39 is 23.5 Å². The average molecular weight is 453 g/mol. The fraction of sp³-hybridized carbons (Fsp3) is 0.250.